The van der Waals surface area contributed by atoms with Gasteiger partial charge in [0.2, 0.25) is 0 Å². The molecule has 3 rings (SSSR count). The average molecular weight is 244 g/mol. The minimum atomic E-state index is -0.502. The number of pyridine rings is 1. The van der Waals surface area contributed by atoms with Crippen molar-refractivity contribution in [2.24, 2.45) is 5.73 Å². The molecule has 3 aromatic rings. The number of carbonyl (C=O) groups is 1. The molecule has 0 aliphatic carbocycles. The Kier molecular flexibility index (Phi) is 2.15. The van der Waals surface area contributed by atoms with E-state index in [0.29, 0.717) is 5.01 Å². The molecule has 0 fully saturated rings. The normalized spacial score (nSPS) is 10.8. The first-order chi connectivity index (χ1) is 8.25. The third-order valence-corrected chi connectivity index (χ3v) is 3.27. The molecule has 0 spiro atoms. The highest BCUT2D eigenvalue weighted by Crippen LogP contribution is 2.25. The maximum atomic E-state index is 11.0. The van der Waals surface area contributed by atoms with Gasteiger partial charge in [-0.05, 0) is 12.1 Å². The van der Waals surface area contributed by atoms with Gasteiger partial charge in [0, 0.05) is 17.1 Å². The fourth-order valence-electron chi connectivity index (χ4n) is 1.64. The predicted molar refractivity (Wildman–Crippen MR) is 64.8 cm³/mol. The van der Waals surface area contributed by atoms with Crippen LogP contribution in [-0.2, 0) is 0 Å². The predicted octanol–water partition coefficient (Wildman–Crippen LogP) is 1.56. The molecule has 0 aliphatic rings. The fourth-order valence-corrected chi connectivity index (χ4v) is 2.31. The Balaban J connectivity index is 2.17. The smallest absolute Gasteiger partial charge is 0.277 e. The Bertz CT molecular complexity index is 700. The van der Waals surface area contributed by atoms with Crippen LogP contribution >= 0.6 is 11.3 Å². The van der Waals surface area contributed by atoms with Crippen LogP contribution in [0.3, 0.4) is 0 Å². The Labute approximate surface area is 101 Å². The Morgan fingerprint density at radius 1 is 1.41 bits per heavy atom. The number of amides is 1. The number of hydrogen-bond acceptors (Lipinski definition) is 4. The zero-order chi connectivity index (χ0) is 11.8. The van der Waals surface area contributed by atoms with Gasteiger partial charge in [-0.1, -0.05) is 6.07 Å². The maximum absolute atomic E-state index is 11.0. The number of fused-ring (bicyclic) bond motifs is 1. The first-order valence-corrected chi connectivity index (χ1v) is 5.82. The van der Waals surface area contributed by atoms with Crippen LogP contribution in [0, 0.1) is 0 Å². The minimum absolute atomic E-state index is 0.315. The van der Waals surface area contributed by atoms with Crippen molar-refractivity contribution in [2.75, 3.05) is 0 Å². The highest BCUT2D eigenvalue weighted by Gasteiger charge is 2.12. The molecule has 0 unspecified atom stereocenters. The highest BCUT2D eigenvalue weighted by molar-refractivity contribution is 7.12. The molecule has 3 aromatic heterocycles. The third-order valence-electron chi connectivity index (χ3n) is 2.42. The van der Waals surface area contributed by atoms with Gasteiger partial charge in [0.25, 0.3) is 5.91 Å². The molecule has 17 heavy (non-hydrogen) atoms. The van der Waals surface area contributed by atoms with Crippen molar-refractivity contribution in [1.29, 1.82) is 0 Å². The van der Waals surface area contributed by atoms with Crippen molar-refractivity contribution >= 4 is 22.8 Å². The summed E-state index contributed by atoms with van der Waals surface area (Å²) < 4.78 is 1.76. The van der Waals surface area contributed by atoms with E-state index < -0.39 is 5.91 Å². The number of primary amides is 1. The minimum Gasteiger partial charge on any atom is -0.364 e. The molecular formula is C11H8N4OS. The second kappa shape index (κ2) is 3.67. The van der Waals surface area contributed by atoms with Gasteiger partial charge in [-0.2, -0.15) is 5.10 Å². The van der Waals surface area contributed by atoms with Crippen LogP contribution < -0.4 is 5.73 Å². The van der Waals surface area contributed by atoms with E-state index in [2.05, 4.69) is 10.1 Å². The van der Waals surface area contributed by atoms with Crippen LogP contribution in [0.1, 0.15) is 9.80 Å². The quantitative estimate of drug-likeness (QED) is 0.743. The third kappa shape index (κ3) is 1.58. The number of hydrogen-bond donors (Lipinski definition) is 1. The van der Waals surface area contributed by atoms with Crippen LogP contribution in [0.5, 0.6) is 0 Å². The number of nitrogens with zero attached hydrogens (tertiary/aromatic N) is 3. The van der Waals surface area contributed by atoms with Crippen LogP contribution in [0.2, 0.25) is 0 Å². The van der Waals surface area contributed by atoms with Gasteiger partial charge in [-0.25, -0.2) is 9.50 Å². The van der Waals surface area contributed by atoms with Crippen molar-refractivity contribution < 1.29 is 4.79 Å². The number of nitrogens with two attached hydrogens (primary N) is 1. The Morgan fingerprint density at radius 3 is 3.06 bits per heavy atom. The van der Waals surface area contributed by atoms with Crippen molar-refractivity contribution in [3.05, 3.63) is 41.0 Å². The van der Waals surface area contributed by atoms with Crippen LogP contribution in [0.15, 0.2) is 36.0 Å². The molecule has 0 radical (unpaired) electrons. The lowest BCUT2D eigenvalue weighted by Crippen LogP contribution is -2.10. The lowest BCUT2D eigenvalue weighted by atomic mass is 10.2. The van der Waals surface area contributed by atoms with Crippen molar-refractivity contribution in [2.45, 2.75) is 0 Å². The largest absolute Gasteiger partial charge is 0.364 e. The Hall–Kier alpha value is -2.21. The van der Waals surface area contributed by atoms with Crippen molar-refractivity contribution in [3.63, 3.8) is 0 Å². The molecular weight excluding hydrogens is 236 g/mol. The van der Waals surface area contributed by atoms with Crippen molar-refractivity contribution in [3.8, 4) is 11.3 Å². The standard InChI is InChI=1S/C11H8N4OS/c12-10(16)11-14-8(6-17-11)7-5-13-15-4-2-1-3-9(7)15/h1-6H,(H2,12,16). The maximum Gasteiger partial charge on any atom is 0.277 e. The van der Waals surface area contributed by atoms with E-state index >= 15 is 0 Å². The summed E-state index contributed by atoms with van der Waals surface area (Å²) in [7, 11) is 0. The molecule has 0 aliphatic heterocycles. The van der Waals surface area contributed by atoms with Gasteiger partial charge >= 0.3 is 0 Å². The first kappa shape index (κ1) is 9.98. The molecule has 0 saturated heterocycles. The molecule has 0 saturated carbocycles. The summed E-state index contributed by atoms with van der Waals surface area (Å²) in [4.78, 5) is 15.2. The Morgan fingerprint density at radius 2 is 2.29 bits per heavy atom. The fraction of sp³-hybridized carbons (Fsp3) is 0. The number of aromatic nitrogens is 3. The SMILES string of the molecule is NC(=O)c1nc(-c2cnn3ccccc23)cs1. The summed E-state index contributed by atoms with van der Waals surface area (Å²) >= 11 is 1.24. The van der Waals surface area contributed by atoms with Gasteiger partial charge in [0.15, 0.2) is 5.01 Å². The van der Waals surface area contributed by atoms with Crippen molar-refractivity contribution in [1.82, 2.24) is 14.6 Å². The summed E-state index contributed by atoms with van der Waals surface area (Å²) in [6, 6.07) is 5.78. The summed E-state index contributed by atoms with van der Waals surface area (Å²) in [5.41, 5.74) is 7.76. The molecule has 1 amide bonds. The monoisotopic (exact) mass is 244 g/mol. The lowest BCUT2D eigenvalue weighted by Gasteiger charge is -1.93. The molecule has 3 heterocycles. The topological polar surface area (TPSA) is 73.3 Å². The molecule has 0 atom stereocenters. The summed E-state index contributed by atoms with van der Waals surface area (Å²) in [6.45, 7) is 0. The van der Waals surface area contributed by atoms with E-state index in [1.54, 1.807) is 10.7 Å². The van der Waals surface area contributed by atoms with E-state index in [4.69, 9.17) is 5.73 Å². The van der Waals surface area contributed by atoms with Crippen LogP contribution in [0.4, 0.5) is 0 Å². The van der Waals surface area contributed by atoms with E-state index in [9.17, 15) is 4.79 Å². The average Bonchev–Trinajstić information content (AvgIpc) is 2.95. The lowest BCUT2D eigenvalue weighted by molar-refractivity contribution is 0.1000. The summed E-state index contributed by atoms with van der Waals surface area (Å²) in [6.07, 6.45) is 3.59. The summed E-state index contributed by atoms with van der Waals surface area (Å²) in [5.74, 6) is -0.502. The zero-order valence-corrected chi connectivity index (χ0v) is 9.52. The first-order valence-electron chi connectivity index (χ1n) is 4.94. The molecule has 0 bridgehead atoms. The van der Waals surface area contributed by atoms with E-state index in [1.165, 1.54) is 11.3 Å². The van der Waals surface area contributed by atoms with E-state index in [0.717, 1.165) is 16.8 Å². The van der Waals surface area contributed by atoms with Gasteiger partial charge in [0.05, 0.1) is 17.4 Å². The second-order valence-corrected chi connectivity index (χ2v) is 4.35. The van der Waals surface area contributed by atoms with E-state index in [1.807, 2.05) is 29.8 Å². The second-order valence-electron chi connectivity index (χ2n) is 3.49. The molecule has 84 valence electrons. The molecule has 6 heteroatoms. The van der Waals surface area contributed by atoms with Gasteiger partial charge < -0.3 is 5.73 Å². The molecule has 5 nitrogen and oxygen atoms in total. The van der Waals surface area contributed by atoms with Gasteiger partial charge in [-0.3, -0.25) is 4.79 Å². The number of thiazole rings is 1. The summed E-state index contributed by atoms with van der Waals surface area (Å²) in [5, 5.41) is 6.34. The van der Waals surface area contributed by atoms with Crippen LogP contribution in [-0.4, -0.2) is 20.5 Å². The zero-order valence-electron chi connectivity index (χ0n) is 8.70. The highest BCUT2D eigenvalue weighted by atomic mass is 32.1. The van der Waals surface area contributed by atoms with Crippen LogP contribution in [0.25, 0.3) is 16.8 Å². The molecule has 2 N–H and O–H groups in total. The van der Waals surface area contributed by atoms with E-state index in [-0.39, 0.29) is 0 Å². The van der Waals surface area contributed by atoms with Gasteiger partial charge in [-0.15, -0.1) is 11.3 Å². The number of rotatable bonds is 2. The van der Waals surface area contributed by atoms with Gasteiger partial charge in [0.1, 0.15) is 0 Å². The number of carbonyl (C=O) groups excluding carboxylic acids is 1. The molecule has 0 aromatic carbocycles.